The molecule has 2 atom stereocenters. The van der Waals surface area contributed by atoms with Gasteiger partial charge in [0.05, 0.1) is 30.5 Å². The van der Waals surface area contributed by atoms with E-state index in [-0.39, 0.29) is 18.1 Å². The second-order valence-electron chi connectivity index (χ2n) is 5.08. The third-order valence-corrected chi connectivity index (χ3v) is 3.58. The Bertz CT molecular complexity index is 544. The maximum atomic E-state index is 12.2. The average molecular weight is 292 g/mol. The van der Waals surface area contributed by atoms with Gasteiger partial charge in [-0.25, -0.2) is 4.79 Å². The molecule has 1 aliphatic rings. The van der Waals surface area contributed by atoms with Gasteiger partial charge in [0, 0.05) is 13.7 Å². The number of carbonyl (C=O) groups excluding carboxylic acids is 2. The highest BCUT2D eigenvalue weighted by molar-refractivity contribution is 6.03. The summed E-state index contributed by atoms with van der Waals surface area (Å²) in [5.41, 5.74) is 1.74. The van der Waals surface area contributed by atoms with Crippen molar-refractivity contribution in [3.05, 3.63) is 29.3 Å². The Balaban J connectivity index is 2.12. The van der Waals surface area contributed by atoms with E-state index in [1.807, 2.05) is 13.0 Å². The standard InChI is InChI=1S/C15H20N2O4/c1-9-4-5-12(11(6-9)15(19)21-3)17-14(18)13-7-10(20-2)8-16-13/h4-6,10,13,16H,7-8H2,1-3H3,(H,17,18). The van der Waals surface area contributed by atoms with E-state index in [0.717, 1.165) is 5.56 Å². The van der Waals surface area contributed by atoms with Gasteiger partial charge in [0.15, 0.2) is 0 Å². The molecule has 2 rings (SSSR count). The molecule has 1 aromatic rings. The van der Waals surface area contributed by atoms with Crippen molar-refractivity contribution in [2.45, 2.75) is 25.5 Å². The van der Waals surface area contributed by atoms with Gasteiger partial charge in [0.25, 0.3) is 0 Å². The zero-order chi connectivity index (χ0) is 15.4. The van der Waals surface area contributed by atoms with E-state index < -0.39 is 5.97 Å². The lowest BCUT2D eigenvalue weighted by Gasteiger charge is -2.14. The third kappa shape index (κ3) is 3.59. The van der Waals surface area contributed by atoms with Gasteiger partial charge in [0.1, 0.15) is 0 Å². The van der Waals surface area contributed by atoms with Crippen molar-refractivity contribution in [1.29, 1.82) is 0 Å². The van der Waals surface area contributed by atoms with Crippen LogP contribution in [0, 0.1) is 6.92 Å². The second kappa shape index (κ2) is 6.69. The van der Waals surface area contributed by atoms with Gasteiger partial charge in [-0.2, -0.15) is 0 Å². The van der Waals surface area contributed by atoms with Gasteiger partial charge in [-0.3, -0.25) is 4.79 Å². The van der Waals surface area contributed by atoms with Gasteiger partial charge >= 0.3 is 5.97 Å². The Kier molecular flexibility index (Phi) is 4.93. The molecule has 1 heterocycles. The van der Waals surface area contributed by atoms with Gasteiger partial charge in [0.2, 0.25) is 5.91 Å². The maximum Gasteiger partial charge on any atom is 0.339 e. The summed E-state index contributed by atoms with van der Waals surface area (Å²) in [4.78, 5) is 24.0. The lowest BCUT2D eigenvalue weighted by atomic mass is 10.1. The molecular weight excluding hydrogens is 272 g/mol. The Hall–Kier alpha value is -1.92. The van der Waals surface area contributed by atoms with Crippen LogP contribution in [0.25, 0.3) is 0 Å². The SMILES string of the molecule is COC(=O)c1cc(C)ccc1NC(=O)C1CC(OC)CN1. The topological polar surface area (TPSA) is 76.7 Å². The van der Waals surface area contributed by atoms with E-state index in [2.05, 4.69) is 10.6 Å². The number of carbonyl (C=O) groups is 2. The molecule has 0 bridgehead atoms. The van der Waals surface area contributed by atoms with Crippen molar-refractivity contribution in [2.75, 3.05) is 26.1 Å². The molecular formula is C15H20N2O4. The highest BCUT2D eigenvalue weighted by Crippen LogP contribution is 2.20. The first kappa shape index (κ1) is 15.5. The van der Waals surface area contributed by atoms with Crippen molar-refractivity contribution >= 4 is 17.6 Å². The van der Waals surface area contributed by atoms with Crippen LogP contribution in [0.5, 0.6) is 0 Å². The fourth-order valence-corrected chi connectivity index (χ4v) is 2.35. The number of hydrogen-bond acceptors (Lipinski definition) is 5. The van der Waals surface area contributed by atoms with Gasteiger partial charge in [-0.15, -0.1) is 0 Å². The van der Waals surface area contributed by atoms with E-state index in [1.54, 1.807) is 19.2 Å². The molecule has 0 saturated carbocycles. The number of nitrogens with one attached hydrogen (secondary N) is 2. The molecule has 21 heavy (non-hydrogen) atoms. The smallest absolute Gasteiger partial charge is 0.339 e. The molecule has 0 aromatic heterocycles. The van der Waals surface area contributed by atoms with E-state index >= 15 is 0 Å². The number of esters is 1. The minimum absolute atomic E-state index is 0.0406. The summed E-state index contributed by atoms with van der Waals surface area (Å²) >= 11 is 0. The number of benzene rings is 1. The van der Waals surface area contributed by atoms with Crippen LogP contribution in [-0.2, 0) is 14.3 Å². The van der Waals surface area contributed by atoms with Crippen LogP contribution < -0.4 is 10.6 Å². The van der Waals surface area contributed by atoms with Crippen LogP contribution in [-0.4, -0.2) is 44.8 Å². The summed E-state index contributed by atoms with van der Waals surface area (Å²) in [7, 11) is 2.94. The Morgan fingerprint density at radius 3 is 2.71 bits per heavy atom. The molecule has 2 unspecified atom stereocenters. The molecule has 1 fully saturated rings. The lowest BCUT2D eigenvalue weighted by Crippen LogP contribution is -2.35. The average Bonchev–Trinajstić information content (AvgIpc) is 2.97. The van der Waals surface area contributed by atoms with E-state index in [4.69, 9.17) is 9.47 Å². The number of methoxy groups -OCH3 is 2. The molecule has 1 amide bonds. The van der Waals surface area contributed by atoms with Crippen molar-refractivity contribution < 1.29 is 19.1 Å². The minimum atomic E-state index is -0.469. The first-order valence-corrected chi connectivity index (χ1v) is 6.81. The summed E-state index contributed by atoms with van der Waals surface area (Å²) in [6.07, 6.45) is 0.653. The van der Waals surface area contributed by atoms with Gasteiger partial charge < -0.3 is 20.1 Å². The van der Waals surface area contributed by atoms with Gasteiger partial charge in [-0.05, 0) is 25.5 Å². The van der Waals surface area contributed by atoms with Crippen molar-refractivity contribution in [1.82, 2.24) is 5.32 Å². The molecule has 1 aromatic carbocycles. The zero-order valence-electron chi connectivity index (χ0n) is 12.4. The largest absolute Gasteiger partial charge is 0.465 e. The predicted molar refractivity (Wildman–Crippen MR) is 78.4 cm³/mol. The van der Waals surface area contributed by atoms with Crippen molar-refractivity contribution in [3.8, 4) is 0 Å². The summed E-state index contributed by atoms with van der Waals surface area (Å²) in [5.74, 6) is -0.647. The molecule has 0 radical (unpaired) electrons. The second-order valence-corrected chi connectivity index (χ2v) is 5.08. The molecule has 6 heteroatoms. The molecule has 0 spiro atoms. The fraction of sp³-hybridized carbons (Fsp3) is 0.467. The molecule has 2 N–H and O–H groups in total. The third-order valence-electron chi connectivity index (χ3n) is 3.58. The van der Waals surface area contributed by atoms with Crippen molar-refractivity contribution in [2.24, 2.45) is 0 Å². The normalized spacial score (nSPS) is 21.1. The van der Waals surface area contributed by atoms with E-state index in [0.29, 0.717) is 24.2 Å². The predicted octanol–water partition coefficient (Wildman–Crippen LogP) is 1.10. The van der Waals surface area contributed by atoms with Crippen LogP contribution in [0.15, 0.2) is 18.2 Å². The Morgan fingerprint density at radius 1 is 1.33 bits per heavy atom. The Morgan fingerprint density at radius 2 is 2.10 bits per heavy atom. The van der Waals surface area contributed by atoms with Crippen LogP contribution >= 0.6 is 0 Å². The lowest BCUT2D eigenvalue weighted by molar-refractivity contribution is -0.118. The Labute approximate surface area is 123 Å². The monoisotopic (exact) mass is 292 g/mol. The van der Waals surface area contributed by atoms with Crippen LogP contribution in [0.2, 0.25) is 0 Å². The first-order valence-electron chi connectivity index (χ1n) is 6.81. The van der Waals surface area contributed by atoms with Crippen LogP contribution in [0.3, 0.4) is 0 Å². The summed E-state index contributed by atoms with van der Waals surface area (Å²) < 4.78 is 9.97. The number of amides is 1. The number of anilines is 1. The van der Waals surface area contributed by atoms with Gasteiger partial charge in [-0.1, -0.05) is 11.6 Å². The molecule has 1 saturated heterocycles. The summed E-state index contributed by atoms with van der Waals surface area (Å²) in [5, 5.41) is 5.88. The summed E-state index contributed by atoms with van der Waals surface area (Å²) in [6.45, 7) is 2.52. The number of aryl methyl sites for hydroxylation is 1. The van der Waals surface area contributed by atoms with Crippen LogP contribution in [0.1, 0.15) is 22.3 Å². The number of hydrogen-bond donors (Lipinski definition) is 2. The highest BCUT2D eigenvalue weighted by Gasteiger charge is 2.29. The highest BCUT2D eigenvalue weighted by atomic mass is 16.5. The van der Waals surface area contributed by atoms with Crippen molar-refractivity contribution in [3.63, 3.8) is 0 Å². The molecule has 6 nitrogen and oxygen atoms in total. The maximum absolute atomic E-state index is 12.2. The molecule has 0 aliphatic carbocycles. The van der Waals surface area contributed by atoms with Crippen LogP contribution in [0.4, 0.5) is 5.69 Å². The quantitative estimate of drug-likeness (QED) is 0.813. The molecule has 114 valence electrons. The zero-order valence-corrected chi connectivity index (χ0v) is 12.4. The van der Waals surface area contributed by atoms with E-state index in [1.165, 1.54) is 7.11 Å². The number of rotatable bonds is 4. The minimum Gasteiger partial charge on any atom is -0.465 e. The molecule has 1 aliphatic heterocycles. The number of ether oxygens (including phenoxy) is 2. The summed E-state index contributed by atoms with van der Waals surface area (Å²) in [6, 6.07) is 4.92. The first-order chi connectivity index (χ1) is 10.0. The van der Waals surface area contributed by atoms with E-state index in [9.17, 15) is 9.59 Å². The fourth-order valence-electron chi connectivity index (χ4n) is 2.35.